The number of para-hydroxylation sites is 1. The van der Waals surface area contributed by atoms with E-state index in [0.717, 1.165) is 5.56 Å². The molecule has 0 saturated heterocycles. The van der Waals surface area contributed by atoms with Gasteiger partial charge in [-0.05, 0) is 51.7 Å². The molecule has 1 atom stereocenters. The van der Waals surface area contributed by atoms with Gasteiger partial charge in [0.15, 0.2) is 0 Å². The molecule has 0 bridgehead atoms. The van der Waals surface area contributed by atoms with Crippen LogP contribution in [0.2, 0.25) is 0 Å². The number of nitrogens with one attached hydrogen (secondary N) is 2. The number of benzene rings is 1. The lowest BCUT2D eigenvalue weighted by atomic mass is 10.0. The lowest BCUT2D eigenvalue weighted by Gasteiger charge is -2.23. The maximum Gasteiger partial charge on any atom is 0.408 e. The number of ether oxygens (including phenoxy) is 1. The van der Waals surface area contributed by atoms with Crippen molar-refractivity contribution in [3.05, 3.63) is 29.8 Å². The molecule has 6 nitrogen and oxygen atoms in total. The van der Waals surface area contributed by atoms with Gasteiger partial charge in [-0.1, -0.05) is 18.2 Å². The normalized spacial score (nSPS) is 12.3. The minimum Gasteiger partial charge on any atom is -0.508 e. The highest BCUT2D eigenvalue weighted by molar-refractivity contribution is 5.85. The molecule has 0 radical (unpaired) electrons. The number of phenols is 1. The molecule has 0 aromatic heterocycles. The number of hydrogen-bond donors (Lipinski definition) is 3. The molecule has 1 rings (SSSR count). The second-order valence-electron chi connectivity index (χ2n) is 6.33. The topological polar surface area (TPSA) is 87.7 Å². The second-order valence-corrected chi connectivity index (χ2v) is 6.33. The standard InChI is InChI=1S/C17H26N2O4/c1-17(2,3)23-16(22)19-13(15(21)18-4)10-7-9-12-8-5-6-11-14(12)20/h5-6,8,11,13,20H,7,9-10H2,1-4H3,(H,18,21)(H,19,22)/t13-/m0/s1. The number of likely N-dealkylation sites (N-methyl/N-ethyl adjacent to an activating group) is 1. The van der Waals surface area contributed by atoms with E-state index >= 15 is 0 Å². The van der Waals surface area contributed by atoms with Gasteiger partial charge in [-0.25, -0.2) is 4.79 Å². The van der Waals surface area contributed by atoms with Gasteiger partial charge < -0.3 is 20.5 Å². The first kappa shape index (κ1) is 18.8. The number of alkyl carbamates (subject to hydrolysis) is 1. The summed E-state index contributed by atoms with van der Waals surface area (Å²) < 4.78 is 5.18. The van der Waals surface area contributed by atoms with Crippen molar-refractivity contribution in [2.75, 3.05) is 7.05 Å². The van der Waals surface area contributed by atoms with Gasteiger partial charge in [0, 0.05) is 7.05 Å². The van der Waals surface area contributed by atoms with Crippen LogP contribution < -0.4 is 10.6 Å². The number of carbonyl (C=O) groups excluding carboxylic acids is 2. The maximum absolute atomic E-state index is 11.9. The van der Waals surface area contributed by atoms with Gasteiger partial charge >= 0.3 is 6.09 Å². The summed E-state index contributed by atoms with van der Waals surface area (Å²) >= 11 is 0. The molecule has 0 spiro atoms. The Morgan fingerprint density at radius 3 is 2.48 bits per heavy atom. The van der Waals surface area contributed by atoms with Crippen LogP contribution in [-0.4, -0.2) is 35.8 Å². The Balaban J connectivity index is 2.57. The molecule has 6 heteroatoms. The molecule has 3 N–H and O–H groups in total. The van der Waals surface area contributed by atoms with Crippen molar-refractivity contribution in [1.29, 1.82) is 0 Å². The van der Waals surface area contributed by atoms with Gasteiger partial charge in [-0.2, -0.15) is 0 Å². The van der Waals surface area contributed by atoms with Crippen LogP contribution in [0.5, 0.6) is 5.75 Å². The molecule has 0 aliphatic carbocycles. The largest absolute Gasteiger partial charge is 0.508 e. The Kier molecular flexibility index (Phi) is 6.88. The molecule has 0 heterocycles. The van der Waals surface area contributed by atoms with Crippen LogP contribution in [0.4, 0.5) is 4.79 Å². The van der Waals surface area contributed by atoms with Gasteiger partial charge in [-0.15, -0.1) is 0 Å². The lowest BCUT2D eigenvalue weighted by molar-refractivity contribution is -0.122. The van der Waals surface area contributed by atoms with Crippen molar-refractivity contribution in [3.63, 3.8) is 0 Å². The summed E-state index contributed by atoms with van der Waals surface area (Å²) in [6.07, 6.45) is 1.10. The molecule has 0 unspecified atom stereocenters. The zero-order chi connectivity index (χ0) is 17.5. The summed E-state index contributed by atoms with van der Waals surface area (Å²) in [5.74, 6) is -0.0303. The fourth-order valence-electron chi connectivity index (χ4n) is 2.11. The van der Waals surface area contributed by atoms with Crippen LogP contribution in [0.25, 0.3) is 0 Å². The van der Waals surface area contributed by atoms with Crippen LogP contribution in [0.1, 0.15) is 39.2 Å². The summed E-state index contributed by atoms with van der Waals surface area (Å²) in [5.41, 5.74) is 0.202. The van der Waals surface area contributed by atoms with E-state index in [1.54, 1.807) is 32.9 Å². The van der Waals surface area contributed by atoms with Gasteiger partial charge in [0.05, 0.1) is 0 Å². The second kappa shape index (κ2) is 8.41. The summed E-state index contributed by atoms with van der Waals surface area (Å²) in [5, 5.41) is 14.9. The minimum absolute atomic E-state index is 0.240. The predicted octanol–water partition coefficient (Wildman–Crippen LogP) is 2.35. The van der Waals surface area contributed by atoms with E-state index in [2.05, 4.69) is 10.6 Å². The third-order valence-corrected chi connectivity index (χ3v) is 3.18. The Labute approximate surface area is 137 Å². The van der Waals surface area contributed by atoms with Crippen molar-refractivity contribution in [3.8, 4) is 5.75 Å². The van der Waals surface area contributed by atoms with Crippen molar-refractivity contribution in [2.45, 2.75) is 51.7 Å². The first-order chi connectivity index (χ1) is 10.7. The summed E-state index contributed by atoms with van der Waals surface area (Å²) in [6, 6.07) is 6.41. The minimum atomic E-state index is -0.666. The number of aryl methyl sites for hydroxylation is 1. The van der Waals surface area contributed by atoms with E-state index in [-0.39, 0.29) is 11.7 Å². The van der Waals surface area contributed by atoms with Crippen molar-refractivity contribution < 1.29 is 19.4 Å². The summed E-state index contributed by atoms with van der Waals surface area (Å²) in [4.78, 5) is 23.7. The van der Waals surface area contributed by atoms with Crippen LogP contribution in [0.3, 0.4) is 0 Å². The fourth-order valence-corrected chi connectivity index (χ4v) is 2.11. The van der Waals surface area contributed by atoms with Crippen LogP contribution in [0.15, 0.2) is 24.3 Å². The van der Waals surface area contributed by atoms with Crippen LogP contribution >= 0.6 is 0 Å². The van der Waals surface area contributed by atoms with E-state index in [0.29, 0.717) is 19.3 Å². The molecule has 0 aliphatic rings. The molecule has 23 heavy (non-hydrogen) atoms. The monoisotopic (exact) mass is 322 g/mol. The quantitative estimate of drug-likeness (QED) is 0.750. The summed E-state index contributed by atoms with van der Waals surface area (Å²) in [7, 11) is 1.52. The SMILES string of the molecule is CNC(=O)[C@H](CCCc1ccccc1O)NC(=O)OC(C)(C)C. The average Bonchev–Trinajstić information content (AvgIpc) is 2.45. The molecule has 0 fully saturated rings. The Morgan fingerprint density at radius 2 is 1.91 bits per heavy atom. The van der Waals surface area contributed by atoms with E-state index in [1.807, 2.05) is 12.1 Å². The van der Waals surface area contributed by atoms with Crippen LogP contribution in [-0.2, 0) is 16.0 Å². The molecule has 128 valence electrons. The van der Waals surface area contributed by atoms with Crippen molar-refractivity contribution in [2.24, 2.45) is 0 Å². The molecular formula is C17H26N2O4. The Bertz CT molecular complexity index is 538. The maximum atomic E-state index is 11.9. The number of rotatable bonds is 6. The molecule has 1 aromatic carbocycles. The van der Waals surface area contributed by atoms with E-state index in [4.69, 9.17) is 4.74 Å². The highest BCUT2D eigenvalue weighted by Crippen LogP contribution is 2.18. The average molecular weight is 322 g/mol. The highest BCUT2D eigenvalue weighted by atomic mass is 16.6. The van der Waals surface area contributed by atoms with Gasteiger partial charge in [0.1, 0.15) is 17.4 Å². The molecule has 0 saturated carbocycles. The molecule has 1 aromatic rings. The molecule has 2 amide bonds. The van der Waals surface area contributed by atoms with Gasteiger partial charge in [-0.3, -0.25) is 4.79 Å². The van der Waals surface area contributed by atoms with E-state index in [1.165, 1.54) is 7.05 Å². The third kappa shape index (κ3) is 7.04. The number of amides is 2. The van der Waals surface area contributed by atoms with Crippen molar-refractivity contribution in [1.82, 2.24) is 10.6 Å². The predicted molar refractivity (Wildman–Crippen MR) is 88.3 cm³/mol. The first-order valence-corrected chi connectivity index (χ1v) is 7.71. The number of aromatic hydroxyl groups is 1. The van der Waals surface area contributed by atoms with Gasteiger partial charge in [0.25, 0.3) is 0 Å². The zero-order valence-corrected chi connectivity index (χ0v) is 14.2. The van der Waals surface area contributed by atoms with Gasteiger partial charge in [0.2, 0.25) is 5.91 Å². The first-order valence-electron chi connectivity index (χ1n) is 7.71. The Hall–Kier alpha value is -2.24. The third-order valence-electron chi connectivity index (χ3n) is 3.18. The Morgan fingerprint density at radius 1 is 1.26 bits per heavy atom. The summed E-state index contributed by atoms with van der Waals surface area (Å²) in [6.45, 7) is 5.29. The smallest absolute Gasteiger partial charge is 0.408 e. The van der Waals surface area contributed by atoms with Crippen LogP contribution in [0, 0.1) is 0 Å². The number of phenolic OH excluding ortho intramolecular Hbond substituents is 1. The number of carbonyl (C=O) groups is 2. The fraction of sp³-hybridized carbons (Fsp3) is 0.529. The number of hydrogen-bond acceptors (Lipinski definition) is 4. The van der Waals surface area contributed by atoms with Crippen molar-refractivity contribution >= 4 is 12.0 Å². The molecule has 0 aliphatic heterocycles. The molecular weight excluding hydrogens is 296 g/mol. The highest BCUT2D eigenvalue weighted by Gasteiger charge is 2.23. The van der Waals surface area contributed by atoms with E-state index < -0.39 is 17.7 Å². The lowest BCUT2D eigenvalue weighted by Crippen LogP contribution is -2.47. The van der Waals surface area contributed by atoms with E-state index in [9.17, 15) is 14.7 Å². The zero-order valence-electron chi connectivity index (χ0n) is 14.2.